The normalized spacial score (nSPS) is 31.9. The molecule has 0 spiro atoms. The van der Waals surface area contributed by atoms with Gasteiger partial charge in [-0.15, -0.1) is 0 Å². The molecule has 0 aromatic carbocycles. The van der Waals surface area contributed by atoms with E-state index in [1.807, 2.05) is 11.8 Å². The van der Waals surface area contributed by atoms with Gasteiger partial charge in [0.2, 0.25) is 5.95 Å². The molecule has 0 bridgehead atoms. The molecular weight excluding hydrogens is 342 g/mol. The topological polar surface area (TPSA) is 72.8 Å². The summed E-state index contributed by atoms with van der Waals surface area (Å²) >= 11 is 0. The average molecular weight is 374 g/mol. The molecule has 7 heteroatoms. The van der Waals surface area contributed by atoms with Crippen molar-refractivity contribution in [2.45, 2.75) is 32.8 Å². The van der Waals surface area contributed by atoms with Crippen LogP contribution in [0.15, 0.2) is 6.20 Å². The van der Waals surface area contributed by atoms with Crippen LogP contribution in [-0.4, -0.2) is 83.2 Å². The van der Waals surface area contributed by atoms with Crippen LogP contribution in [0, 0.1) is 24.7 Å². The Kier molecular flexibility index (Phi) is 5.07. The van der Waals surface area contributed by atoms with Crippen molar-refractivity contribution in [1.82, 2.24) is 19.8 Å². The maximum absolute atomic E-state index is 13.1. The van der Waals surface area contributed by atoms with E-state index in [1.165, 1.54) is 0 Å². The summed E-state index contributed by atoms with van der Waals surface area (Å²) < 4.78 is 0. The van der Waals surface area contributed by atoms with E-state index in [0.29, 0.717) is 23.3 Å². The number of anilines is 1. The molecule has 1 saturated carbocycles. The Morgan fingerprint density at radius 2 is 1.81 bits per heavy atom. The lowest BCUT2D eigenvalue weighted by atomic mass is 9.75. The first-order valence-electron chi connectivity index (χ1n) is 10.2. The van der Waals surface area contributed by atoms with Crippen molar-refractivity contribution in [2.24, 2.45) is 17.8 Å². The number of piperazine rings is 1. The molecule has 2 saturated heterocycles. The summed E-state index contributed by atoms with van der Waals surface area (Å²) in [6.45, 7) is 9.39. The van der Waals surface area contributed by atoms with Crippen LogP contribution in [0.25, 0.3) is 0 Å². The van der Waals surface area contributed by atoms with E-state index in [4.69, 9.17) is 0 Å². The molecule has 148 valence electrons. The van der Waals surface area contributed by atoms with Gasteiger partial charge in [0, 0.05) is 45.5 Å². The SMILES string of the molecule is Cc1nc(N2CCN(C)CC2)ncc1C(=O)N1CC2CC(C)C(O)CC2C1. The second-order valence-corrected chi connectivity index (χ2v) is 8.71. The number of carbonyl (C=O) groups is 1. The van der Waals surface area contributed by atoms with Crippen molar-refractivity contribution in [1.29, 1.82) is 0 Å². The first-order valence-corrected chi connectivity index (χ1v) is 10.2. The highest BCUT2D eigenvalue weighted by atomic mass is 16.3. The van der Waals surface area contributed by atoms with Crippen molar-refractivity contribution in [3.63, 3.8) is 0 Å². The number of rotatable bonds is 2. The zero-order chi connectivity index (χ0) is 19.1. The number of fused-ring (bicyclic) bond motifs is 1. The third-order valence-corrected chi connectivity index (χ3v) is 6.72. The second kappa shape index (κ2) is 7.36. The number of likely N-dealkylation sites (N-methyl/N-ethyl adjacent to an activating group) is 1. The molecule has 1 aliphatic carbocycles. The van der Waals surface area contributed by atoms with Gasteiger partial charge in [-0.2, -0.15) is 0 Å². The molecule has 4 rings (SSSR count). The number of nitrogens with zero attached hydrogens (tertiary/aromatic N) is 5. The summed E-state index contributed by atoms with van der Waals surface area (Å²) in [5.74, 6) is 2.02. The summed E-state index contributed by atoms with van der Waals surface area (Å²) in [5, 5.41) is 10.2. The highest BCUT2D eigenvalue weighted by Gasteiger charge is 2.42. The van der Waals surface area contributed by atoms with Gasteiger partial charge in [-0.25, -0.2) is 9.97 Å². The number of amides is 1. The smallest absolute Gasteiger partial charge is 0.257 e. The van der Waals surface area contributed by atoms with Gasteiger partial charge >= 0.3 is 0 Å². The molecule has 3 fully saturated rings. The van der Waals surface area contributed by atoms with E-state index >= 15 is 0 Å². The van der Waals surface area contributed by atoms with Gasteiger partial charge < -0.3 is 19.8 Å². The van der Waals surface area contributed by atoms with E-state index < -0.39 is 0 Å². The standard InChI is InChI=1S/C20H31N5O2/c1-13-8-15-11-25(12-16(15)9-18(13)26)19(27)17-10-21-20(22-14(17)2)24-6-4-23(3)5-7-24/h10,13,15-16,18,26H,4-9,11-12H2,1-3H3. The maximum Gasteiger partial charge on any atom is 0.257 e. The molecule has 2 aliphatic heterocycles. The third-order valence-electron chi connectivity index (χ3n) is 6.72. The second-order valence-electron chi connectivity index (χ2n) is 8.71. The van der Waals surface area contributed by atoms with Gasteiger partial charge in [0.15, 0.2) is 0 Å². The Bertz CT molecular complexity index is 686. The Hall–Kier alpha value is -1.73. The molecule has 1 aromatic rings. The predicted octanol–water partition coefficient (Wildman–Crippen LogP) is 1.02. The van der Waals surface area contributed by atoms with Crippen LogP contribution in [-0.2, 0) is 0 Å². The minimum absolute atomic E-state index is 0.0361. The molecule has 3 heterocycles. The molecule has 1 aromatic heterocycles. The van der Waals surface area contributed by atoms with Crippen molar-refractivity contribution in [2.75, 3.05) is 51.2 Å². The molecule has 27 heavy (non-hydrogen) atoms. The van der Waals surface area contributed by atoms with E-state index in [2.05, 4.69) is 33.7 Å². The summed E-state index contributed by atoms with van der Waals surface area (Å²) in [6, 6.07) is 0. The lowest BCUT2D eigenvalue weighted by Crippen LogP contribution is -2.45. The van der Waals surface area contributed by atoms with Gasteiger partial charge in [-0.1, -0.05) is 6.92 Å². The van der Waals surface area contributed by atoms with Crippen LogP contribution in [0.3, 0.4) is 0 Å². The lowest BCUT2D eigenvalue weighted by Gasteiger charge is -2.32. The van der Waals surface area contributed by atoms with Crippen LogP contribution in [0.2, 0.25) is 0 Å². The van der Waals surface area contributed by atoms with Gasteiger partial charge in [0.25, 0.3) is 5.91 Å². The number of aromatic nitrogens is 2. The monoisotopic (exact) mass is 373 g/mol. The fourth-order valence-electron chi connectivity index (χ4n) is 4.81. The highest BCUT2D eigenvalue weighted by molar-refractivity contribution is 5.95. The largest absolute Gasteiger partial charge is 0.393 e. The molecule has 3 aliphatic rings. The van der Waals surface area contributed by atoms with E-state index in [9.17, 15) is 9.90 Å². The van der Waals surface area contributed by atoms with Crippen LogP contribution in [0.5, 0.6) is 0 Å². The highest BCUT2D eigenvalue weighted by Crippen LogP contribution is 2.39. The molecule has 1 amide bonds. The fourth-order valence-corrected chi connectivity index (χ4v) is 4.81. The van der Waals surface area contributed by atoms with Crippen molar-refractivity contribution < 1.29 is 9.90 Å². The van der Waals surface area contributed by atoms with Crippen LogP contribution >= 0.6 is 0 Å². The fraction of sp³-hybridized carbons (Fsp3) is 0.750. The van der Waals surface area contributed by atoms with Crippen LogP contribution in [0.1, 0.15) is 35.8 Å². The quantitative estimate of drug-likeness (QED) is 0.834. The van der Waals surface area contributed by atoms with E-state index in [1.54, 1.807) is 6.20 Å². The first kappa shape index (κ1) is 18.6. The van der Waals surface area contributed by atoms with Crippen molar-refractivity contribution >= 4 is 11.9 Å². The van der Waals surface area contributed by atoms with Gasteiger partial charge in [0.1, 0.15) is 0 Å². The van der Waals surface area contributed by atoms with Gasteiger partial charge in [0.05, 0.1) is 17.4 Å². The Morgan fingerprint density at radius 1 is 1.15 bits per heavy atom. The summed E-state index contributed by atoms with van der Waals surface area (Å²) in [4.78, 5) is 28.6. The first-order chi connectivity index (χ1) is 12.9. The van der Waals surface area contributed by atoms with Gasteiger partial charge in [-0.3, -0.25) is 4.79 Å². The predicted molar refractivity (Wildman–Crippen MR) is 104 cm³/mol. The molecule has 0 radical (unpaired) electrons. The molecular formula is C20H31N5O2. The summed E-state index contributed by atoms with van der Waals surface area (Å²) in [7, 11) is 2.12. The number of aliphatic hydroxyl groups is 1. The number of aliphatic hydroxyl groups excluding tert-OH is 1. The molecule has 1 N–H and O–H groups in total. The Balaban J connectivity index is 1.45. The molecule has 7 nitrogen and oxygen atoms in total. The van der Waals surface area contributed by atoms with Crippen LogP contribution in [0.4, 0.5) is 5.95 Å². The number of hydrogen-bond acceptors (Lipinski definition) is 6. The van der Waals surface area contributed by atoms with E-state index in [-0.39, 0.29) is 12.0 Å². The maximum atomic E-state index is 13.1. The Morgan fingerprint density at radius 3 is 2.48 bits per heavy atom. The number of hydrogen-bond donors (Lipinski definition) is 1. The number of aryl methyl sites for hydroxylation is 1. The third kappa shape index (κ3) is 3.67. The average Bonchev–Trinajstić information content (AvgIpc) is 3.05. The minimum Gasteiger partial charge on any atom is -0.393 e. The lowest BCUT2D eigenvalue weighted by molar-refractivity contribution is 0.0383. The van der Waals surface area contributed by atoms with E-state index in [0.717, 1.165) is 63.8 Å². The molecule has 4 unspecified atom stereocenters. The van der Waals surface area contributed by atoms with Crippen LogP contribution < -0.4 is 4.90 Å². The number of likely N-dealkylation sites (tertiary alicyclic amines) is 1. The summed E-state index contributed by atoms with van der Waals surface area (Å²) in [5.41, 5.74) is 1.37. The minimum atomic E-state index is -0.228. The molecule has 4 atom stereocenters. The zero-order valence-corrected chi connectivity index (χ0v) is 16.6. The number of carbonyl (C=O) groups excluding carboxylic acids is 1. The van der Waals surface area contributed by atoms with Crippen molar-refractivity contribution in [3.05, 3.63) is 17.5 Å². The Labute approximate surface area is 161 Å². The van der Waals surface area contributed by atoms with Gasteiger partial charge in [-0.05, 0) is 44.6 Å². The zero-order valence-electron chi connectivity index (χ0n) is 16.6. The van der Waals surface area contributed by atoms with Crippen molar-refractivity contribution in [3.8, 4) is 0 Å². The summed E-state index contributed by atoms with van der Waals surface area (Å²) in [6.07, 6.45) is 3.30.